The maximum Gasteiger partial charge on any atom is 0.393 e. The molecule has 0 saturated carbocycles. The predicted molar refractivity (Wildman–Crippen MR) is 63.4 cm³/mol. The summed E-state index contributed by atoms with van der Waals surface area (Å²) in [5, 5.41) is 3.29. The Labute approximate surface area is 96.7 Å². The normalized spacial score (nSPS) is 10.7. The van der Waals surface area contributed by atoms with Crippen molar-refractivity contribution in [2.24, 2.45) is 5.92 Å². The lowest BCUT2D eigenvalue weighted by Crippen LogP contribution is -2.19. The van der Waals surface area contributed by atoms with Gasteiger partial charge in [-0.2, -0.15) is 4.98 Å². The molecule has 1 aromatic heterocycles. The summed E-state index contributed by atoms with van der Waals surface area (Å²) in [7, 11) is 0. The standard InChI is InChI=1S/C12H20N2O2/c1-4-5-6-15-12-14-11(9-16-12)8-13-7-10(2)3/h4,9-10,13H,1,5-8H2,2-3H3. The van der Waals surface area contributed by atoms with Crippen molar-refractivity contribution in [3.63, 3.8) is 0 Å². The Kier molecular flexibility index (Phi) is 5.64. The Morgan fingerprint density at radius 2 is 2.44 bits per heavy atom. The number of aromatic nitrogens is 1. The fraction of sp³-hybridized carbons (Fsp3) is 0.583. The van der Waals surface area contributed by atoms with Crippen LogP contribution in [0.25, 0.3) is 0 Å². The van der Waals surface area contributed by atoms with Crippen LogP contribution < -0.4 is 10.1 Å². The second kappa shape index (κ2) is 7.06. The van der Waals surface area contributed by atoms with Crippen LogP contribution in [0.4, 0.5) is 0 Å². The van der Waals surface area contributed by atoms with E-state index in [1.54, 1.807) is 12.3 Å². The van der Waals surface area contributed by atoms with E-state index in [-0.39, 0.29) is 0 Å². The van der Waals surface area contributed by atoms with Gasteiger partial charge in [0.25, 0.3) is 0 Å². The van der Waals surface area contributed by atoms with E-state index >= 15 is 0 Å². The highest BCUT2D eigenvalue weighted by molar-refractivity contribution is 4.99. The zero-order chi connectivity index (χ0) is 11.8. The Morgan fingerprint density at radius 1 is 1.62 bits per heavy atom. The maximum atomic E-state index is 5.28. The minimum atomic E-state index is 0.336. The topological polar surface area (TPSA) is 47.3 Å². The molecule has 0 amide bonds. The smallest absolute Gasteiger partial charge is 0.393 e. The fourth-order valence-electron chi connectivity index (χ4n) is 1.15. The van der Waals surface area contributed by atoms with Crippen molar-refractivity contribution < 1.29 is 9.15 Å². The molecule has 0 aliphatic heterocycles. The van der Waals surface area contributed by atoms with Gasteiger partial charge < -0.3 is 14.5 Å². The lowest BCUT2D eigenvalue weighted by atomic mass is 10.2. The van der Waals surface area contributed by atoms with Crippen LogP contribution in [0, 0.1) is 5.92 Å². The van der Waals surface area contributed by atoms with Crippen LogP contribution >= 0.6 is 0 Å². The SMILES string of the molecule is C=CCCOc1nc(CNCC(C)C)co1. The summed E-state index contributed by atoms with van der Waals surface area (Å²) in [6.07, 6.45) is 4.55. The number of hydrogen-bond donors (Lipinski definition) is 1. The molecule has 0 aliphatic rings. The molecule has 0 radical (unpaired) electrons. The highest BCUT2D eigenvalue weighted by Crippen LogP contribution is 2.10. The van der Waals surface area contributed by atoms with Gasteiger partial charge in [-0.15, -0.1) is 6.58 Å². The summed E-state index contributed by atoms with van der Waals surface area (Å²) in [4.78, 5) is 4.19. The third kappa shape index (κ3) is 4.98. The van der Waals surface area contributed by atoms with Crippen LogP contribution in [0.5, 0.6) is 6.08 Å². The molecule has 4 nitrogen and oxygen atoms in total. The molecule has 0 atom stereocenters. The quantitative estimate of drug-likeness (QED) is 0.544. The maximum absolute atomic E-state index is 5.28. The molecule has 0 saturated heterocycles. The third-order valence-corrected chi connectivity index (χ3v) is 1.94. The molecule has 0 bridgehead atoms. The minimum absolute atomic E-state index is 0.336. The molecular weight excluding hydrogens is 204 g/mol. The molecule has 0 aliphatic carbocycles. The van der Waals surface area contributed by atoms with Crippen molar-refractivity contribution in [3.8, 4) is 6.08 Å². The van der Waals surface area contributed by atoms with Crippen molar-refractivity contribution in [1.29, 1.82) is 0 Å². The molecule has 1 N–H and O–H groups in total. The average Bonchev–Trinajstić information content (AvgIpc) is 2.66. The summed E-state index contributed by atoms with van der Waals surface area (Å²) in [5.74, 6) is 0.634. The van der Waals surface area contributed by atoms with E-state index < -0.39 is 0 Å². The molecular formula is C12H20N2O2. The molecule has 4 heteroatoms. The fourth-order valence-corrected chi connectivity index (χ4v) is 1.15. The van der Waals surface area contributed by atoms with Crippen LogP contribution in [-0.4, -0.2) is 18.1 Å². The van der Waals surface area contributed by atoms with E-state index in [1.807, 2.05) is 0 Å². The summed E-state index contributed by atoms with van der Waals surface area (Å²) in [5.41, 5.74) is 0.870. The van der Waals surface area contributed by atoms with Crippen LogP contribution in [-0.2, 0) is 6.54 Å². The second-order valence-corrected chi connectivity index (χ2v) is 4.06. The van der Waals surface area contributed by atoms with Gasteiger partial charge in [0.1, 0.15) is 6.26 Å². The molecule has 0 unspecified atom stereocenters. The number of hydrogen-bond acceptors (Lipinski definition) is 4. The number of nitrogens with zero attached hydrogens (tertiary/aromatic N) is 1. The molecule has 90 valence electrons. The Balaban J connectivity index is 2.25. The highest BCUT2D eigenvalue weighted by Gasteiger charge is 2.04. The van der Waals surface area contributed by atoms with Crippen molar-refractivity contribution >= 4 is 0 Å². The van der Waals surface area contributed by atoms with Gasteiger partial charge in [0, 0.05) is 6.54 Å². The molecule has 16 heavy (non-hydrogen) atoms. The van der Waals surface area contributed by atoms with E-state index in [9.17, 15) is 0 Å². The van der Waals surface area contributed by atoms with E-state index in [0.717, 1.165) is 18.7 Å². The van der Waals surface area contributed by atoms with Gasteiger partial charge in [0.2, 0.25) is 0 Å². The first-order chi connectivity index (χ1) is 7.72. The lowest BCUT2D eigenvalue weighted by Gasteiger charge is -2.04. The van der Waals surface area contributed by atoms with Gasteiger partial charge in [0.05, 0.1) is 12.3 Å². The molecule has 0 spiro atoms. The Bertz CT molecular complexity index is 308. The summed E-state index contributed by atoms with van der Waals surface area (Å²) >= 11 is 0. The first kappa shape index (κ1) is 12.8. The molecule has 1 aromatic rings. The number of nitrogens with one attached hydrogen (secondary N) is 1. The van der Waals surface area contributed by atoms with Crippen molar-refractivity contribution in [2.45, 2.75) is 26.8 Å². The third-order valence-electron chi connectivity index (χ3n) is 1.94. The van der Waals surface area contributed by atoms with E-state index in [2.05, 4.69) is 30.7 Å². The van der Waals surface area contributed by atoms with Gasteiger partial charge >= 0.3 is 6.08 Å². The van der Waals surface area contributed by atoms with Gasteiger partial charge in [-0.25, -0.2) is 0 Å². The van der Waals surface area contributed by atoms with Crippen LogP contribution in [0.2, 0.25) is 0 Å². The summed E-state index contributed by atoms with van der Waals surface area (Å²) in [6.45, 7) is 10.2. The minimum Gasteiger partial charge on any atom is -0.450 e. The van der Waals surface area contributed by atoms with Crippen molar-refractivity contribution in [1.82, 2.24) is 10.3 Å². The van der Waals surface area contributed by atoms with Gasteiger partial charge in [-0.05, 0) is 18.9 Å². The number of oxazole rings is 1. The molecule has 1 rings (SSSR count). The monoisotopic (exact) mass is 224 g/mol. The van der Waals surface area contributed by atoms with Crippen LogP contribution in [0.1, 0.15) is 26.0 Å². The first-order valence-corrected chi connectivity index (χ1v) is 5.61. The molecule has 1 heterocycles. The Morgan fingerprint density at radius 3 is 3.12 bits per heavy atom. The summed E-state index contributed by atoms with van der Waals surface area (Å²) in [6, 6.07) is 0. The van der Waals surface area contributed by atoms with E-state index in [0.29, 0.717) is 25.1 Å². The zero-order valence-electron chi connectivity index (χ0n) is 10.0. The van der Waals surface area contributed by atoms with Gasteiger partial charge in [0.15, 0.2) is 0 Å². The first-order valence-electron chi connectivity index (χ1n) is 5.61. The molecule has 0 fully saturated rings. The van der Waals surface area contributed by atoms with E-state index in [4.69, 9.17) is 9.15 Å². The van der Waals surface area contributed by atoms with Gasteiger partial charge in [-0.3, -0.25) is 0 Å². The van der Waals surface area contributed by atoms with Crippen LogP contribution in [0.15, 0.2) is 23.3 Å². The van der Waals surface area contributed by atoms with Crippen molar-refractivity contribution in [2.75, 3.05) is 13.2 Å². The van der Waals surface area contributed by atoms with E-state index in [1.165, 1.54) is 0 Å². The van der Waals surface area contributed by atoms with Crippen molar-refractivity contribution in [3.05, 3.63) is 24.6 Å². The molecule has 0 aromatic carbocycles. The average molecular weight is 224 g/mol. The lowest BCUT2D eigenvalue weighted by molar-refractivity contribution is 0.235. The highest BCUT2D eigenvalue weighted by atomic mass is 16.6. The predicted octanol–water partition coefficient (Wildman–Crippen LogP) is 2.38. The van der Waals surface area contributed by atoms with Gasteiger partial charge in [-0.1, -0.05) is 19.9 Å². The number of rotatable bonds is 8. The van der Waals surface area contributed by atoms with Crippen LogP contribution in [0.3, 0.4) is 0 Å². The Hall–Kier alpha value is -1.29. The summed E-state index contributed by atoms with van der Waals surface area (Å²) < 4.78 is 10.4. The zero-order valence-corrected chi connectivity index (χ0v) is 10.0. The second-order valence-electron chi connectivity index (χ2n) is 4.06. The number of ether oxygens (including phenoxy) is 1. The largest absolute Gasteiger partial charge is 0.450 e.